The van der Waals surface area contributed by atoms with Crippen molar-refractivity contribution in [3.05, 3.63) is 82.6 Å². The van der Waals surface area contributed by atoms with Crippen LogP contribution in [0.5, 0.6) is 0 Å². The summed E-state index contributed by atoms with van der Waals surface area (Å²) in [5, 5.41) is 8.41. The molecule has 0 amide bonds. The Bertz CT molecular complexity index is 863. The first kappa shape index (κ1) is 14.0. The fraction of sp³-hybridized carbons (Fsp3) is 0.111. The highest BCUT2D eigenvalue weighted by Crippen LogP contribution is 2.32. The molecule has 0 unspecified atom stereocenters. The van der Waals surface area contributed by atoms with Gasteiger partial charge in [-0.25, -0.2) is 4.68 Å². The van der Waals surface area contributed by atoms with Crippen molar-refractivity contribution in [3.8, 4) is 0 Å². The first-order valence-electron chi connectivity index (χ1n) is 7.41. The van der Waals surface area contributed by atoms with Crippen LogP contribution in [0.4, 0.5) is 5.95 Å². The van der Waals surface area contributed by atoms with E-state index < -0.39 is 0 Å². The number of hydrogen-bond acceptors (Lipinski definition) is 3. The second-order valence-electron chi connectivity index (χ2n) is 5.60. The molecule has 2 aromatic carbocycles. The predicted octanol–water partition coefficient (Wildman–Crippen LogP) is 4.30. The number of nitrogens with zero attached hydrogens (tertiary/aromatic N) is 3. The van der Waals surface area contributed by atoms with E-state index in [-0.39, 0.29) is 6.04 Å². The minimum atomic E-state index is 0.0139. The standard InChI is InChI=1S/C18H15ClN4/c1-12-2-4-14(5-3-12)17-10-16(13-6-8-15(19)9-7-13)22-18-20-11-21-23(17)18/h2-11,17H,1H3,(H,20,21,22)/t17-/m0/s1. The maximum atomic E-state index is 5.99. The molecule has 0 spiro atoms. The monoisotopic (exact) mass is 322 g/mol. The van der Waals surface area contributed by atoms with Crippen LogP contribution < -0.4 is 5.32 Å². The van der Waals surface area contributed by atoms with Gasteiger partial charge in [0.2, 0.25) is 5.95 Å². The van der Waals surface area contributed by atoms with Gasteiger partial charge in [0.1, 0.15) is 12.4 Å². The minimum Gasteiger partial charge on any atom is -0.324 e. The lowest BCUT2D eigenvalue weighted by molar-refractivity contribution is 0.612. The lowest BCUT2D eigenvalue weighted by Crippen LogP contribution is -2.20. The summed E-state index contributed by atoms with van der Waals surface area (Å²) >= 11 is 5.99. The third kappa shape index (κ3) is 2.62. The van der Waals surface area contributed by atoms with E-state index in [9.17, 15) is 0 Å². The molecule has 0 fully saturated rings. The van der Waals surface area contributed by atoms with Gasteiger partial charge < -0.3 is 5.32 Å². The molecule has 5 heteroatoms. The number of rotatable bonds is 2. The van der Waals surface area contributed by atoms with E-state index in [0.717, 1.165) is 22.2 Å². The fourth-order valence-corrected chi connectivity index (χ4v) is 2.86. The van der Waals surface area contributed by atoms with Gasteiger partial charge in [-0.05, 0) is 36.3 Å². The average molecular weight is 323 g/mol. The number of fused-ring (bicyclic) bond motifs is 1. The Morgan fingerprint density at radius 1 is 1.04 bits per heavy atom. The first-order chi connectivity index (χ1) is 11.2. The van der Waals surface area contributed by atoms with Crippen LogP contribution in [0.25, 0.3) is 5.70 Å². The summed E-state index contributed by atoms with van der Waals surface area (Å²) in [5.41, 5.74) is 4.49. The van der Waals surface area contributed by atoms with Crippen molar-refractivity contribution in [3.63, 3.8) is 0 Å². The van der Waals surface area contributed by atoms with Crippen LogP contribution in [-0.4, -0.2) is 14.8 Å². The number of aryl methyl sites for hydroxylation is 1. The number of aromatic nitrogens is 3. The quantitative estimate of drug-likeness (QED) is 0.765. The molecule has 23 heavy (non-hydrogen) atoms. The highest BCUT2D eigenvalue weighted by atomic mass is 35.5. The summed E-state index contributed by atoms with van der Waals surface area (Å²) < 4.78 is 1.89. The van der Waals surface area contributed by atoms with E-state index in [1.807, 2.05) is 28.9 Å². The molecule has 114 valence electrons. The molecule has 0 bridgehead atoms. The zero-order chi connectivity index (χ0) is 15.8. The number of allylic oxidation sites excluding steroid dienone is 1. The van der Waals surface area contributed by atoms with Crippen molar-refractivity contribution < 1.29 is 0 Å². The second-order valence-corrected chi connectivity index (χ2v) is 6.03. The van der Waals surface area contributed by atoms with Crippen LogP contribution in [0.15, 0.2) is 60.9 Å². The van der Waals surface area contributed by atoms with Gasteiger partial charge in [0.25, 0.3) is 0 Å². The third-order valence-electron chi connectivity index (χ3n) is 3.98. The fourth-order valence-electron chi connectivity index (χ4n) is 2.73. The molecular weight excluding hydrogens is 308 g/mol. The van der Waals surface area contributed by atoms with Crippen LogP contribution in [0.3, 0.4) is 0 Å². The highest BCUT2D eigenvalue weighted by Gasteiger charge is 2.23. The summed E-state index contributed by atoms with van der Waals surface area (Å²) in [7, 11) is 0. The Kier molecular flexibility index (Phi) is 3.39. The van der Waals surface area contributed by atoms with Crippen LogP contribution >= 0.6 is 11.6 Å². The Hall–Kier alpha value is -2.59. The van der Waals surface area contributed by atoms with E-state index in [4.69, 9.17) is 11.6 Å². The predicted molar refractivity (Wildman–Crippen MR) is 92.4 cm³/mol. The van der Waals surface area contributed by atoms with Crippen molar-refractivity contribution in [2.75, 3.05) is 5.32 Å². The van der Waals surface area contributed by atoms with Gasteiger partial charge in [-0.1, -0.05) is 53.6 Å². The van der Waals surface area contributed by atoms with Crippen molar-refractivity contribution in [1.82, 2.24) is 14.8 Å². The number of nitrogens with one attached hydrogen (secondary N) is 1. The number of benzene rings is 2. The molecule has 1 aromatic heterocycles. The average Bonchev–Trinajstić information content (AvgIpc) is 3.04. The zero-order valence-corrected chi connectivity index (χ0v) is 13.3. The molecule has 1 aliphatic rings. The van der Waals surface area contributed by atoms with Gasteiger partial charge in [-0.2, -0.15) is 10.1 Å². The van der Waals surface area contributed by atoms with E-state index in [0.29, 0.717) is 0 Å². The van der Waals surface area contributed by atoms with Crippen molar-refractivity contribution in [1.29, 1.82) is 0 Å². The van der Waals surface area contributed by atoms with Crippen molar-refractivity contribution in [2.24, 2.45) is 0 Å². The summed E-state index contributed by atoms with van der Waals surface area (Å²) in [4.78, 5) is 4.32. The number of anilines is 1. The molecule has 1 N–H and O–H groups in total. The van der Waals surface area contributed by atoms with Gasteiger partial charge in [0.15, 0.2) is 0 Å². The molecule has 0 aliphatic carbocycles. The maximum absolute atomic E-state index is 5.99. The topological polar surface area (TPSA) is 42.7 Å². The normalized spacial score (nSPS) is 16.4. The molecule has 0 saturated carbocycles. The molecule has 4 nitrogen and oxygen atoms in total. The first-order valence-corrected chi connectivity index (χ1v) is 7.79. The van der Waals surface area contributed by atoms with E-state index in [1.54, 1.807) is 6.33 Å². The summed E-state index contributed by atoms with van der Waals surface area (Å²) in [6.07, 6.45) is 3.73. The smallest absolute Gasteiger partial charge is 0.226 e. The zero-order valence-electron chi connectivity index (χ0n) is 12.6. The molecule has 0 radical (unpaired) electrons. The van der Waals surface area contributed by atoms with Crippen LogP contribution in [0.1, 0.15) is 22.7 Å². The Morgan fingerprint density at radius 2 is 1.78 bits per heavy atom. The SMILES string of the molecule is Cc1ccc([C@@H]2C=C(c3ccc(Cl)cc3)Nc3ncnn32)cc1. The molecular formula is C18H15ClN4. The van der Waals surface area contributed by atoms with E-state index >= 15 is 0 Å². The van der Waals surface area contributed by atoms with E-state index in [2.05, 4.69) is 52.7 Å². The molecule has 0 saturated heterocycles. The summed E-state index contributed by atoms with van der Waals surface area (Å²) in [6, 6.07) is 16.3. The summed E-state index contributed by atoms with van der Waals surface area (Å²) in [6.45, 7) is 2.09. The largest absolute Gasteiger partial charge is 0.324 e. The lowest BCUT2D eigenvalue weighted by atomic mass is 10.0. The maximum Gasteiger partial charge on any atom is 0.226 e. The van der Waals surface area contributed by atoms with E-state index in [1.165, 1.54) is 11.1 Å². The van der Waals surface area contributed by atoms with Gasteiger partial charge in [0.05, 0.1) is 0 Å². The number of halogens is 1. The van der Waals surface area contributed by atoms with Crippen LogP contribution in [0.2, 0.25) is 5.02 Å². The molecule has 4 rings (SSSR count). The molecule has 1 atom stereocenters. The van der Waals surface area contributed by atoms with Crippen LogP contribution in [-0.2, 0) is 0 Å². The van der Waals surface area contributed by atoms with Gasteiger partial charge in [0, 0.05) is 10.7 Å². The molecule has 1 aliphatic heterocycles. The molecule has 2 heterocycles. The minimum absolute atomic E-state index is 0.0139. The Morgan fingerprint density at radius 3 is 2.52 bits per heavy atom. The third-order valence-corrected chi connectivity index (χ3v) is 4.23. The second kappa shape index (κ2) is 5.56. The Balaban J connectivity index is 1.79. The number of hydrogen-bond donors (Lipinski definition) is 1. The van der Waals surface area contributed by atoms with Gasteiger partial charge in [-0.15, -0.1) is 0 Å². The summed E-state index contributed by atoms with van der Waals surface area (Å²) in [5.74, 6) is 0.739. The van der Waals surface area contributed by atoms with Crippen molar-refractivity contribution >= 4 is 23.2 Å². The molecule has 3 aromatic rings. The highest BCUT2D eigenvalue weighted by molar-refractivity contribution is 6.30. The van der Waals surface area contributed by atoms with Gasteiger partial charge >= 0.3 is 0 Å². The van der Waals surface area contributed by atoms with Gasteiger partial charge in [-0.3, -0.25) is 0 Å². The van der Waals surface area contributed by atoms with Crippen molar-refractivity contribution in [2.45, 2.75) is 13.0 Å². The lowest BCUT2D eigenvalue weighted by Gasteiger charge is -2.24. The van der Waals surface area contributed by atoms with Crippen LogP contribution in [0, 0.1) is 6.92 Å². The Labute approximate surface area is 139 Å².